The van der Waals surface area contributed by atoms with E-state index in [0.717, 1.165) is 56.2 Å². The van der Waals surface area contributed by atoms with Crippen molar-refractivity contribution in [3.05, 3.63) is 144 Å². The van der Waals surface area contributed by atoms with Crippen LogP contribution in [0.2, 0.25) is 0 Å². The fourth-order valence-corrected chi connectivity index (χ4v) is 5.50. The second-order valence-corrected chi connectivity index (χ2v) is 10.5. The minimum absolute atomic E-state index is 0.465. The molecule has 4 aromatic carbocycles. The number of H-pyrrole nitrogens is 2. The second kappa shape index (κ2) is 10.8. The van der Waals surface area contributed by atoms with E-state index in [1.165, 1.54) is 10.8 Å². The molecule has 0 amide bonds. The lowest BCUT2D eigenvalue weighted by Gasteiger charge is -2.10. The zero-order valence-corrected chi connectivity index (χ0v) is 23.2. The first-order chi connectivity index (χ1) is 20.6. The Bertz CT molecular complexity index is 2040. The van der Waals surface area contributed by atoms with Gasteiger partial charge in [-0.05, 0) is 55.0 Å². The number of rotatable bonds is 7. The Hall–Kier alpha value is -5.55. The van der Waals surface area contributed by atoms with Crippen molar-refractivity contribution >= 4 is 38.9 Å². The summed E-state index contributed by atoms with van der Waals surface area (Å²) >= 11 is 0. The molecule has 7 aromatic rings. The van der Waals surface area contributed by atoms with Gasteiger partial charge in [-0.25, -0.2) is 4.98 Å². The SMILES string of the molecule is CC(=Nc1ccccc1-c1cc2ccccc2[nH]1)c1cccc(C(=N)Cc2ccccc2-c2cc3ccccc3[nH]2)n1. The van der Waals surface area contributed by atoms with Crippen LogP contribution in [0.15, 0.2) is 132 Å². The van der Waals surface area contributed by atoms with E-state index in [-0.39, 0.29) is 0 Å². The van der Waals surface area contributed by atoms with Gasteiger partial charge in [0.15, 0.2) is 0 Å². The smallest absolute Gasteiger partial charge is 0.0849 e. The predicted molar refractivity (Wildman–Crippen MR) is 174 cm³/mol. The van der Waals surface area contributed by atoms with Crippen LogP contribution in [-0.4, -0.2) is 26.4 Å². The lowest BCUT2D eigenvalue weighted by molar-refractivity contribution is 1.19. The molecule has 0 aliphatic rings. The van der Waals surface area contributed by atoms with Gasteiger partial charge in [-0.2, -0.15) is 0 Å². The van der Waals surface area contributed by atoms with E-state index in [9.17, 15) is 0 Å². The van der Waals surface area contributed by atoms with Crippen LogP contribution in [0.1, 0.15) is 23.9 Å². The third kappa shape index (κ3) is 4.93. The zero-order chi connectivity index (χ0) is 28.5. The summed E-state index contributed by atoms with van der Waals surface area (Å²) in [5.74, 6) is 0. The van der Waals surface area contributed by atoms with Gasteiger partial charge in [0.2, 0.25) is 0 Å². The van der Waals surface area contributed by atoms with Crippen molar-refractivity contribution in [1.29, 1.82) is 5.41 Å². The van der Waals surface area contributed by atoms with Crippen LogP contribution >= 0.6 is 0 Å². The molecule has 0 aliphatic heterocycles. The average Bonchev–Trinajstić information content (AvgIpc) is 3.66. The standard InChI is InChI=1S/C37H29N5/c1-24(39-34-18-9-6-15-29(34)37-23-27-13-4-8-17-33(27)42-37)31-19-10-20-35(40-31)30(38)21-25-11-2-5-14-28(25)36-22-26-12-3-7-16-32(26)41-36/h2-20,22-23,38,41-42H,21H2,1H3. The van der Waals surface area contributed by atoms with Gasteiger partial charge < -0.3 is 15.4 Å². The summed E-state index contributed by atoms with van der Waals surface area (Å²) in [4.78, 5) is 16.9. The first-order valence-electron chi connectivity index (χ1n) is 14.1. The number of aromatic nitrogens is 3. The Kier molecular flexibility index (Phi) is 6.53. The van der Waals surface area contributed by atoms with Crippen LogP contribution in [0.5, 0.6) is 0 Å². The topological polar surface area (TPSA) is 80.7 Å². The van der Waals surface area contributed by atoms with E-state index in [2.05, 4.69) is 64.6 Å². The van der Waals surface area contributed by atoms with Crippen LogP contribution < -0.4 is 0 Å². The van der Waals surface area contributed by atoms with Crippen molar-refractivity contribution in [2.45, 2.75) is 13.3 Å². The molecule has 0 bridgehead atoms. The van der Waals surface area contributed by atoms with Crippen molar-refractivity contribution in [3.63, 3.8) is 0 Å². The minimum atomic E-state index is 0.465. The summed E-state index contributed by atoms with van der Waals surface area (Å²) in [5.41, 5.74) is 11.0. The molecule has 0 saturated heterocycles. The third-order valence-electron chi connectivity index (χ3n) is 7.65. The largest absolute Gasteiger partial charge is 0.355 e. The van der Waals surface area contributed by atoms with Crippen LogP contribution in [0, 0.1) is 5.41 Å². The fourth-order valence-electron chi connectivity index (χ4n) is 5.50. The average molecular weight is 544 g/mol. The minimum Gasteiger partial charge on any atom is -0.355 e. The maximum Gasteiger partial charge on any atom is 0.0849 e. The van der Waals surface area contributed by atoms with Crippen LogP contribution in [-0.2, 0) is 6.42 Å². The molecule has 5 heteroatoms. The Labute approximate surface area is 244 Å². The van der Waals surface area contributed by atoms with Crippen molar-refractivity contribution < 1.29 is 0 Å². The number of nitrogens with one attached hydrogen (secondary N) is 3. The van der Waals surface area contributed by atoms with Gasteiger partial charge in [0.1, 0.15) is 0 Å². The maximum absolute atomic E-state index is 8.98. The van der Waals surface area contributed by atoms with Crippen LogP contribution in [0.3, 0.4) is 0 Å². The molecule has 5 nitrogen and oxygen atoms in total. The first kappa shape index (κ1) is 25.4. The molecule has 202 valence electrons. The number of pyridine rings is 1. The third-order valence-corrected chi connectivity index (χ3v) is 7.65. The van der Waals surface area contributed by atoms with Gasteiger partial charge in [0.05, 0.1) is 28.5 Å². The molecule has 0 saturated carbocycles. The Morgan fingerprint density at radius 3 is 1.93 bits per heavy atom. The highest BCUT2D eigenvalue weighted by Crippen LogP contribution is 2.32. The van der Waals surface area contributed by atoms with Crippen molar-refractivity contribution in [3.8, 4) is 22.5 Å². The van der Waals surface area contributed by atoms with Gasteiger partial charge in [0, 0.05) is 50.7 Å². The predicted octanol–water partition coefficient (Wildman–Crippen LogP) is 9.13. The molecule has 0 fully saturated rings. The summed E-state index contributed by atoms with van der Waals surface area (Å²) in [6, 6.07) is 43.1. The highest BCUT2D eigenvalue weighted by Gasteiger charge is 2.13. The van der Waals surface area contributed by atoms with Crippen molar-refractivity contribution in [2.24, 2.45) is 4.99 Å². The number of benzene rings is 4. The zero-order valence-electron chi connectivity index (χ0n) is 23.2. The summed E-state index contributed by atoms with van der Waals surface area (Å²) in [6.45, 7) is 1.98. The molecule has 3 heterocycles. The van der Waals surface area contributed by atoms with Gasteiger partial charge in [-0.3, -0.25) is 4.99 Å². The highest BCUT2D eigenvalue weighted by molar-refractivity contribution is 6.03. The lowest BCUT2D eigenvalue weighted by Crippen LogP contribution is -2.10. The fraction of sp³-hybridized carbons (Fsp3) is 0.0541. The second-order valence-electron chi connectivity index (χ2n) is 10.5. The maximum atomic E-state index is 8.98. The number of para-hydroxylation sites is 3. The normalized spacial score (nSPS) is 11.8. The summed E-state index contributed by atoms with van der Waals surface area (Å²) < 4.78 is 0. The van der Waals surface area contributed by atoms with E-state index >= 15 is 0 Å². The number of nitrogens with zero attached hydrogens (tertiary/aromatic N) is 2. The molecule has 0 spiro atoms. The van der Waals surface area contributed by atoms with Gasteiger partial charge in [0.25, 0.3) is 0 Å². The number of aliphatic imine (C=N–C) groups is 1. The Morgan fingerprint density at radius 2 is 1.21 bits per heavy atom. The molecule has 3 aromatic heterocycles. The molecule has 0 aliphatic carbocycles. The molecule has 0 atom stereocenters. The first-order valence-corrected chi connectivity index (χ1v) is 14.1. The highest BCUT2D eigenvalue weighted by atomic mass is 14.8. The number of aromatic amines is 2. The van der Waals surface area contributed by atoms with E-state index in [4.69, 9.17) is 15.4 Å². The van der Waals surface area contributed by atoms with Crippen LogP contribution in [0.4, 0.5) is 5.69 Å². The van der Waals surface area contributed by atoms with E-state index in [0.29, 0.717) is 17.8 Å². The van der Waals surface area contributed by atoms with Crippen molar-refractivity contribution in [1.82, 2.24) is 15.0 Å². The van der Waals surface area contributed by atoms with Gasteiger partial charge in [-0.1, -0.05) is 84.9 Å². The molecule has 0 radical (unpaired) electrons. The number of hydrogen-bond acceptors (Lipinski definition) is 3. The van der Waals surface area contributed by atoms with Crippen LogP contribution in [0.25, 0.3) is 44.3 Å². The van der Waals surface area contributed by atoms with Gasteiger partial charge >= 0.3 is 0 Å². The monoisotopic (exact) mass is 543 g/mol. The summed E-state index contributed by atoms with van der Waals surface area (Å²) in [5, 5.41) is 11.3. The molecular formula is C37H29N5. The number of hydrogen-bond donors (Lipinski definition) is 3. The molecule has 7 rings (SSSR count). The van der Waals surface area contributed by atoms with E-state index in [1.54, 1.807) is 0 Å². The van der Waals surface area contributed by atoms with Gasteiger partial charge in [-0.15, -0.1) is 0 Å². The lowest BCUT2D eigenvalue weighted by atomic mass is 9.98. The molecule has 42 heavy (non-hydrogen) atoms. The summed E-state index contributed by atoms with van der Waals surface area (Å²) in [7, 11) is 0. The summed E-state index contributed by atoms with van der Waals surface area (Å²) in [6.07, 6.45) is 0.474. The van der Waals surface area contributed by atoms with E-state index in [1.807, 2.05) is 79.7 Å². The van der Waals surface area contributed by atoms with Crippen molar-refractivity contribution in [2.75, 3.05) is 0 Å². The van der Waals surface area contributed by atoms with E-state index < -0.39 is 0 Å². The molecule has 0 unspecified atom stereocenters. The molecular weight excluding hydrogens is 514 g/mol. The Morgan fingerprint density at radius 1 is 0.643 bits per heavy atom. The Balaban J connectivity index is 1.17. The quantitative estimate of drug-likeness (QED) is 0.172. The molecule has 3 N–H and O–H groups in total. The number of fused-ring (bicyclic) bond motifs is 2.